The van der Waals surface area contributed by atoms with Gasteiger partial charge in [-0.25, -0.2) is 4.39 Å². The van der Waals surface area contributed by atoms with E-state index in [2.05, 4.69) is 20.8 Å². The van der Waals surface area contributed by atoms with Gasteiger partial charge in [0.05, 0.1) is 5.56 Å². The van der Waals surface area contributed by atoms with Crippen molar-refractivity contribution in [1.29, 1.82) is 0 Å². The van der Waals surface area contributed by atoms with Crippen molar-refractivity contribution in [3.63, 3.8) is 0 Å². The van der Waals surface area contributed by atoms with Crippen LogP contribution in [0.5, 0.6) is 11.5 Å². The quantitative estimate of drug-likeness (QED) is 0.732. The summed E-state index contributed by atoms with van der Waals surface area (Å²) >= 11 is 0. The second kappa shape index (κ2) is 5.68. The van der Waals surface area contributed by atoms with Crippen molar-refractivity contribution in [3.05, 3.63) is 59.4 Å². The molecule has 0 atom stereocenters. The average Bonchev–Trinajstić information content (AvgIpc) is 2.40. The number of hydrogen-bond acceptors (Lipinski definition) is 2. The van der Waals surface area contributed by atoms with Gasteiger partial charge >= 0.3 is 0 Å². The number of carbonyl (C=O) groups is 1. The molecule has 2 aromatic carbocycles. The summed E-state index contributed by atoms with van der Waals surface area (Å²) < 4.78 is 18.9. The minimum absolute atomic E-state index is 0.0684. The van der Waals surface area contributed by atoms with E-state index in [-0.39, 0.29) is 16.8 Å². The molecule has 0 aliphatic carbocycles. The summed E-state index contributed by atoms with van der Waals surface area (Å²) in [5, 5.41) is 0. The molecule has 0 radical (unpaired) electrons. The molecule has 21 heavy (non-hydrogen) atoms. The lowest BCUT2D eigenvalue weighted by Crippen LogP contribution is -2.10. The predicted molar refractivity (Wildman–Crippen MR) is 81.6 cm³/mol. The number of halogens is 1. The zero-order chi connectivity index (χ0) is 15.6. The van der Waals surface area contributed by atoms with Gasteiger partial charge in [0.1, 0.15) is 17.3 Å². The summed E-state index contributed by atoms with van der Waals surface area (Å²) in [6.45, 7) is 7.80. The van der Waals surface area contributed by atoms with E-state index < -0.39 is 5.82 Å². The Balaban J connectivity index is 2.28. The van der Waals surface area contributed by atoms with Crippen LogP contribution in [0.4, 0.5) is 4.39 Å². The van der Waals surface area contributed by atoms with Crippen LogP contribution in [0.15, 0.2) is 42.5 Å². The number of ketones is 1. The summed E-state index contributed by atoms with van der Waals surface area (Å²) in [5.41, 5.74) is 1.51. The Morgan fingerprint density at radius 2 is 1.67 bits per heavy atom. The van der Waals surface area contributed by atoms with E-state index >= 15 is 0 Å². The highest BCUT2D eigenvalue weighted by Gasteiger charge is 2.14. The smallest absolute Gasteiger partial charge is 0.163 e. The third kappa shape index (κ3) is 3.69. The Morgan fingerprint density at radius 1 is 1.05 bits per heavy atom. The van der Waals surface area contributed by atoms with Crippen molar-refractivity contribution in [2.45, 2.75) is 33.1 Å². The Bertz CT molecular complexity index is 652. The molecule has 0 N–H and O–H groups in total. The van der Waals surface area contributed by atoms with Crippen LogP contribution in [0.25, 0.3) is 0 Å². The molecular weight excluding hydrogens is 267 g/mol. The second-order valence-corrected chi connectivity index (χ2v) is 6.07. The van der Waals surface area contributed by atoms with E-state index in [9.17, 15) is 9.18 Å². The van der Waals surface area contributed by atoms with E-state index in [0.717, 1.165) is 0 Å². The third-order valence-electron chi connectivity index (χ3n) is 3.27. The highest BCUT2D eigenvalue weighted by Crippen LogP contribution is 2.29. The molecule has 0 fully saturated rings. The summed E-state index contributed by atoms with van der Waals surface area (Å²) in [6.07, 6.45) is 0. The summed E-state index contributed by atoms with van der Waals surface area (Å²) in [4.78, 5) is 11.5. The van der Waals surface area contributed by atoms with Gasteiger partial charge in [-0.05, 0) is 48.2 Å². The van der Waals surface area contributed by atoms with Gasteiger partial charge in [-0.15, -0.1) is 0 Å². The predicted octanol–water partition coefficient (Wildman–Crippen LogP) is 5.12. The number of rotatable bonds is 3. The molecule has 0 amide bonds. The molecule has 0 aliphatic rings. The van der Waals surface area contributed by atoms with Crippen LogP contribution in [-0.4, -0.2) is 5.78 Å². The van der Waals surface area contributed by atoms with Crippen molar-refractivity contribution >= 4 is 5.78 Å². The average molecular weight is 286 g/mol. The zero-order valence-electron chi connectivity index (χ0n) is 12.7. The molecule has 2 aromatic rings. The molecule has 3 heteroatoms. The molecule has 2 rings (SSSR count). The first kappa shape index (κ1) is 15.2. The molecule has 0 saturated carbocycles. The second-order valence-electron chi connectivity index (χ2n) is 6.07. The van der Waals surface area contributed by atoms with E-state index in [1.54, 1.807) is 0 Å². The number of carbonyl (C=O) groups excluding carboxylic acids is 1. The first-order chi connectivity index (χ1) is 9.77. The van der Waals surface area contributed by atoms with Gasteiger partial charge in [0, 0.05) is 0 Å². The van der Waals surface area contributed by atoms with Gasteiger partial charge in [-0.1, -0.05) is 32.9 Å². The number of ether oxygens (including phenoxy) is 1. The molecule has 110 valence electrons. The van der Waals surface area contributed by atoms with Crippen LogP contribution >= 0.6 is 0 Å². The molecule has 0 aromatic heterocycles. The minimum atomic E-state index is -0.448. The summed E-state index contributed by atoms with van der Waals surface area (Å²) in [5.74, 6) is 0.316. The Kier molecular flexibility index (Phi) is 4.12. The van der Waals surface area contributed by atoms with Gasteiger partial charge in [-0.3, -0.25) is 4.79 Å². The minimum Gasteiger partial charge on any atom is -0.457 e. The zero-order valence-corrected chi connectivity index (χ0v) is 12.7. The number of hydrogen-bond donors (Lipinski definition) is 0. The Labute approximate surface area is 124 Å². The standard InChI is InChI=1S/C18H19FO2/c1-12(20)16-11-14(19)7-10-17(16)21-15-8-5-13(6-9-15)18(2,3)4/h5-11H,1-4H3. The fraction of sp³-hybridized carbons (Fsp3) is 0.278. The van der Waals surface area contributed by atoms with Gasteiger partial charge in [-0.2, -0.15) is 0 Å². The Morgan fingerprint density at radius 3 is 2.19 bits per heavy atom. The van der Waals surface area contributed by atoms with Crippen LogP contribution < -0.4 is 4.74 Å². The topological polar surface area (TPSA) is 26.3 Å². The normalized spacial score (nSPS) is 11.3. The molecular formula is C18H19FO2. The van der Waals surface area contributed by atoms with Gasteiger partial charge < -0.3 is 4.74 Å². The molecule has 0 aliphatic heterocycles. The number of benzene rings is 2. The maximum Gasteiger partial charge on any atom is 0.163 e. The van der Waals surface area contributed by atoms with E-state index in [0.29, 0.717) is 11.5 Å². The fourth-order valence-corrected chi connectivity index (χ4v) is 2.02. The highest BCUT2D eigenvalue weighted by atomic mass is 19.1. The van der Waals surface area contributed by atoms with Crippen molar-refractivity contribution in [2.24, 2.45) is 0 Å². The van der Waals surface area contributed by atoms with Crippen LogP contribution in [-0.2, 0) is 5.41 Å². The fourth-order valence-electron chi connectivity index (χ4n) is 2.02. The largest absolute Gasteiger partial charge is 0.457 e. The van der Waals surface area contributed by atoms with E-state index in [1.807, 2.05) is 24.3 Å². The SMILES string of the molecule is CC(=O)c1cc(F)ccc1Oc1ccc(C(C)(C)C)cc1. The van der Waals surface area contributed by atoms with Crippen molar-refractivity contribution < 1.29 is 13.9 Å². The molecule has 0 heterocycles. The van der Waals surface area contributed by atoms with Crippen molar-refractivity contribution in [3.8, 4) is 11.5 Å². The lowest BCUT2D eigenvalue weighted by molar-refractivity contribution is 0.101. The maximum atomic E-state index is 13.2. The maximum absolute atomic E-state index is 13.2. The monoisotopic (exact) mass is 286 g/mol. The molecule has 0 bridgehead atoms. The third-order valence-corrected chi connectivity index (χ3v) is 3.27. The van der Waals surface area contributed by atoms with Gasteiger partial charge in [0.2, 0.25) is 0 Å². The molecule has 0 saturated heterocycles. The van der Waals surface area contributed by atoms with Crippen molar-refractivity contribution in [1.82, 2.24) is 0 Å². The number of Topliss-reactive ketones (excluding diaryl/α,β-unsaturated/α-hetero) is 1. The summed E-state index contributed by atoms with van der Waals surface area (Å²) in [6, 6.07) is 11.6. The molecule has 0 unspecified atom stereocenters. The highest BCUT2D eigenvalue weighted by molar-refractivity contribution is 5.96. The molecule has 2 nitrogen and oxygen atoms in total. The van der Waals surface area contributed by atoms with E-state index in [1.165, 1.54) is 30.7 Å². The Hall–Kier alpha value is -2.16. The van der Waals surface area contributed by atoms with Crippen LogP contribution in [0.3, 0.4) is 0 Å². The lowest BCUT2D eigenvalue weighted by Gasteiger charge is -2.19. The lowest BCUT2D eigenvalue weighted by atomic mass is 9.87. The van der Waals surface area contributed by atoms with E-state index in [4.69, 9.17) is 4.74 Å². The first-order valence-corrected chi connectivity index (χ1v) is 6.86. The van der Waals surface area contributed by atoms with Crippen LogP contribution in [0, 0.1) is 5.82 Å². The molecule has 0 spiro atoms. The van der Waals surface area contributed by atoms with Gasteiger partial charge in [0.25, 0.3) is 0 Å². The van der Waals surface area contributed by atoms with Crippen LogP contribution in [0.2, 0.25) is 0 Å². The first-order valence-electron chi connectivity index (χ1n) is 6.86. The summed E-state index contributed by atoms with van der Waals surface area (Å²) in [7, 11) is 0. The van der Waals surface area contributed by atoms with Crippen LogP contribution in [0.1, 0.15) is 43.6 Å². The van der Waals surface area contributed by atoms with Gasteiger partial charge in [0.15, 0.2) is 5.78 Å². The van der Waals surface area contributed by atoms with Crippen molar-refractivity contribution in [2.75, 3.05) is 0 Å².